The molecule has 0 amide bonds. The van der Waals surface area contributed by atoms with Crippen LogP contribution in [-0.4, -0.2) is 28.9 Å². The average Bonchev–Trinajstić information content (AvgIpc) is 3.19. The summed E-state index contributed by atoms with van der Waals surface area (Å²) >= 11 is 7.97. The molecule has 1 aliphatic carbocycles. The van der Waals surface area contributed by atoms with Crippen molar-refractivity contribution in [3.63, 3.8) is 0 Å². The summed E-state index contributed by atoms with van der Waals surface area (Å²) in [6.45, 7) is 0.973. The van der Waals surface area contributed by atoms with Crippen molar-refractivity contribution >= 4 is 29.1 Å². The van der Waals surface area contributed by atoms with Crippen molar-refractivity contribution in [3.05, 3.63) is 71.5 Å². The molecule has 1 aromatic heterocycles. The minimum Gasteiger partial charge on any atom is -0.374 e. The van der Waals surface area contributed by atoms with Crippen LogP contribution in [-0.2, 0) is 0 Å². The number of thioether (sulfide) groups is 1. The molecule has 1 heterocycles. The summed E-state index contributed by atoms with van der Waals surface area (Å²) in [4.78, 5) is 7.13. The molecule has 152 valence electrons. The largest absolute Gasteiger partial charge is 0.374 e. The highest BCUT2D eigenvalue weighted by atomic mass is 35.5. The van der Waals surface area contributed by atoms with E-state index in [0.29, 0.717) is 5.92 Å². The molecule has 29 heavy (non-hydrogen) atoms. The number of rotatable bonds is 7. The second kappa shape index (κ2) is 9.73. The van der Waals surface area contributed by atoms with Gasteiger partial charge in [0.25, 0.3) is 0 Å². The Morgan fingerprint density at radius 2 is 1.76 bits per heavy atom. The number of imidazole rings is 1. The van der Waals surface area contributed by atoms with E-state index in [1.165, 1.54) is 43.5 Å². The Balaban J connectivity index is 1.53. The number of benzene rings is 2. The molecule has 5 heteroatoms. The summed E-state index contributed by atoms with van der Waals surface area (Å²) in [6.07, 6.45) is 8.63. The molecule has 1 saturated carbocycles. The monoisotopic (exact) mass is 425 g/mol. The second-order valence-corrected chi connectivity index (χ2v) is 9.22. The van der Waals surface area contributed by atoms with Crippen molar-refractivity contribution in [2.75, 3.05) is 24.2 Å². The van der Waals surface area contributed by atoms with Crippen LogP contribution in [0.5, 0.6) is 0 Å². The molecule has 0 N–H and O–H groups in total. The molecular weight excluding hydrogens is 398 g/mol. The zero-order valence-electron chi connectivity index (χ0n) is 16.9. The molecule has 0 atom stereocenters. The second-order valence-electron chi connectivity index (χ2n) is 7.72. The maximum atomic E-state index is 6.14. The Labute approximate surface area is 183 Å². The van der Waals surface area contributed by atoms with Gasteiger partial charge in [-0.1, -0.05) is 60.8 Å². The quantitative estimate of drug-likeness (QED) is 0.388. The zero-order chi connectivity index (χ0) is 20.1. The van der Waals surface area contributed by atoms with Gasteiger partial charge in [-0.25, -0.2) is 4.98 Å². The van der Waals surface area contributed by atoms with Crippen molar-refractivity contribution in [1.82, 2.24) is 9.55 Å². The molecule has 2 aromatic carbocycles. The Bertz CT molecular complexity index is 902. The van der Waals surface area contributed by atoms with E-state index < -0.39 is 0 Å². The fraction of sp³-hybridized carbons (Fsp3) is 0.375. The summed E-state index contributed by atoms with van der Waals surface area (Å²) in [5.74, 6) is 1.59. The van der Waals surface area contributed by atoms with Crippen molar-refractivity contribution in [1.29, 1.82) is 0 Å². The maximum absolute atomic E-state index is 6.14. The molecule has 0 radical (unpaired) electrons. The zero-order valence-corrected chi connectivity index (χ0v) is 18.5. The SMILES string of the molecule is CN(CCSc1ncc(C2CCCCC2)n1-c1ccc(Cl)cc1)c1ccccc1. The topological polar surface area (TPSA) is 21.1 Å². The van der Waals surface area contributed by atoms with Crippen LogP contribution in [0.25, 0.3) is 5.69 Å². The fourth-order valence-electron chi connectivity index (χ4n) is 4.07. The van der Waals surface area contributed by atoms with Crippen LogP contribution in [0, 0.1) is 0 Å². The van der Waals surface area contributed by atoms with Gasteiger partial charge < -0.3 is 4.90 Å². The highest BCUT2D eigenvalue weighted by molar-refractivity contribution is 7.99. The van der Waals surface area contributed by atoms with E-state index in [-0.39, 0.29) is 0 Å². The Morgan fingerprint density at radius 1 is 1.03 bits per heavy atom. The molecule has 0 aliphatic heterocycles. The molecule has 1 aliphatic rings. The molecule has 1 fully saturated rings. The van der Waals surface area contributed by atoms with E-state index in [0.717, 1.165) is 28.2 Å². The van der Waals surface area contributed by atoms with Crippen LogP contribution in [0.4, 0.5) is 5.69 Å². The third kappa shape index (κ3) is 4.99. The Hall–Kier alpha value is -1.91. The first kappa shape index (κ1) is 20.4. The number of anilines is 1. The molecule has 0 bridgehead atoms. The summed E-state index contributed by atoms with van der Waals surface area (Å²) in [5.41, 5.74) is 3.76. The minimum atomic E-state index is 0.605. The smallest absolute Gasteiger partial charge is 0.172 e. The fourth-order valence-corrected chi connectivity index (χ4v) is 5.21. The van der Waals surface area contributed by atoms with Crippen LogP contribution in [0.15, 0.2) is 66.0 Å². The van der Waals surface area contributed by atoms with E-state index in [2.05, 4.69) is 65.2 Å². The lowest BCUT2D eigenvalue weighted by molar-refractivity contribution is 0.431. The molecule has 3 aromatic rings. The van der Waals surface area contributed by atoms with Gasteiger partial charge in [0.15, 0.2) is 5.16 Å². The van der Waals surface area contributed by atoms with Crippen molar-refractivity contribution in [2.24, 2.45) is 0 Å². The lowest BCUT2D eigenvalue weighted by atomic mass is 9.87. The summed E-state index contributed by atoms with van der Waals surface area (Å²) in [7, 11) is 2.15. The molecular formula is C24H28ClN3S. The predicted octanol–water partition coefficient (Wildman–Crippen LogP) is 6.80. The molecule has 4 rings (SSSR count). The van der Waals surface area contributed by atoms with Gasteiger partial charge in [0.05, 0.1) is 6.20 Å². The number of nitrogens with zero attached hydrogens (tertiary/aromatic N) is 3. The third-order valence-electron chi connectivity index (χ3n) is 5.72. The number of halogens is 1. The molecule has 3 nitrogen and oxygen atoms in total. The van der Waals surface area contributed by atoms with Gasteiger partial charge in [-0.05, 0) is 49.2 Å². The summed E-state index contributed by atoms with van der Waals surface area (Å²) in [5, 5.41) is 1.85. The first-order chi connectivity index (χ1) is 14.2. The number of hydrogen-bond acceptors (Lipinski definition) is 3. The highest BCUT2D eigenvalue weighted by Crippen LogP contribution is 2.36. The first-order valence-corrected chi connectivity index (χ1v) is 11.8. The number of hydrogen-bond donors (Lipinski definition) is 0. The standard InChI is InChI=1S/C24H28ClN3S/c1-27(21-10-6-3-7-11-21)16-17-29-24-26-18-23(19-8-4-2-5-9-19)28(24)22-14-12-20(25)13-15-22/h3,6-7,10-15,18-19H,2,4-5,8-9,16-17H2,1H3. The lowest BCUT2D eigenvalue weighted by Crippen LogP contribution is -2.20. The predicted molar refractivity (Wildman–Crippen MR) is 125 cm³/mol. The van der Waals surface area contributed by atoms with Gasteiger partial charge in [-0.15, -0.1) is 0 Å². The normalized spacial score (nSPS) is 14.8. The van der Waals surface area contributed by atoms with E-state index in [9.17, 15) is 0 Å². The average molecular weight is 426 g/mol. The van der Waals surface area contributed by atoms with Gasteiger partial charge in [0, 0.05) is 47.4 Å². The van der Waals surface area contributed by atoms with Gasteiger partial charge in [0.1, 0.15) is 0 Å². The van der Waals surface area contributed by atoms with Crippen LogP contribution < -0.4 is 4.90 Å². The van der Waals surface area contributed by atoms with E-state index in [1.807, 2.05) is 23.9 Å². The van der Waals surface area contributed by atoms with Gasteiger partial charge in [-0.3, -0.25) is 4.57 Å². The molecule has 0 spiro atoms. The van der Waals surface area contributed by atoms with E-state index in [1.54, 1.807) is 0 Å². The molecule has 0 saturated heterocycles. The number of aromatic nitrogens is 2. The van der Waals surface area contributed by atoms with Crippen molar-refractivity contribution in [3.8, 4) is 5.69 Å². The van der Waals surface area contributed by atoms with Crippen molar-refractivity contribution < 1.29 is 0 Å². The van der Waals surface area contributed by atoms with Crippen LogP contribution in [0.2, 0.25) is 5.02 Å². The van der Waals surface area contributed by atoms with Gasteiger partial charge in [-0.2, -0.15) is 0 Å². The summed E-state index contributed by atoms with van der Waals surface area (Å²) < 4.78 is 2.36. The molecule has 0 unspecified atom stereocenters. The number of para-hydroxylation sites is 1. The van der Waals surface area contributed by atoms with Crippen LogP contribution >= 0.6 is 23.4 Å². The minimum absolute atomic E-state index is 0.605. The van der Waals surface area contributed by atoms with Crippen LogP contribution in [0.3, 0.4) is 0 Å². The Morgan fingerprint density at radius 3 is 2.48 bits per heavy atom. The lowest BCUT2D eigenvalue weighted by Gasteiger charge is -2.24. The van der Waals surface area contributed by atoms with Crippen LogP contribution in [0.1, 0.15) is 43.7 Å². The maximum Gasteiger partial charge on any atom is 0.172 e. The first-order valence-electron chi connectivity index (χ1n) is 10.4. The van der Waals surface area contributed by atoms with E-state index in [4.69, 9.17) is 16.6 Å². The van der Waals surface area contributed by atoms with E-state index >= 15 is 0 Å². The Kier molecular flexibility index (Phi) is 6.83. The van der Waals surface area contributed by atoms with Crippen molar-refractivity contribution in [2.45, 2.75) is 43.2 Å². The third-order valence-corrected chi connectivity index (χ3v) is 6.90. The summed E-state index contributed by atoms with van der Waals surface area (Å²) in [6, 6.07) is 18.7. The van der Waals surface area contributed by atoms with Gasteiger partial charge >= 0.3 is 0 Å². The van der Waals surface area contributed by atoms with Gasteiger partial charge in [0.2, 0.25) is 0 Å². The highest BCUT2D eigenvalue weighted by Gasteiger charge is 2.22.